The first-order valence-corrected chi connectivity index (χ1v) is 10.3. The molecule has 1 saturated heterocycles. The van der Waals surface area contributed by atoms with Crippen molar-refractivity contribution in [2.24, 2.45) is 5.92 Å². The molecule has 0 radical (unpaired) electrons. The van der Waals surface area contributed by atoms with Gasteiger partial charge in [-0.15, -0.1) is 0 Å². The lowest BCUT2D eigenvalue weighted by molar-refractivity contribution is -0.930. The second-order valence-corrected chi connectivity index (χ2v) is 9.28. The van der Waals surface area contributed by atoms with E-state index >= 15 is 0 Å². The van der Waals surface area contributed by atoms with E-state index in [1.165, 1.54) is 25.7 Å². The highest BCUT2D eigenvalue weighted by atomic mass is 32.2. The molecule has 0 bridgehead atoms. The molecule has 1 aliphatic carbocycles. The van der Waals surface area contributed by atoms with Gasteiger partial charge < -0.3 is 4.90 Å². The fourth-order valence-corrected chi connectivity index (χ4v) is 5.53. The standard InChI is InChI=1S/C18H28N2O2S/c1-15-6-8-18(9-7-15)23(21,22)20-12-10-19(11-13-20)17-5-3-4-16(2)14-17/h6-9,16-17H,3-5,10-14H2,1-2H3/p+1/t16-,17+/m0/s1. The lowest BCUT2D eigenvalue weighted by atomic mass is 9.86. The maximum atomic E-state index is 12.8. The Kier molecular flexibility index (Phi) is 5.09. The van der Waals surface area contributed by atoms with Crippen LogP contribution in [-0.4, -0.2) is 44.9 Å². The predicted molar refractivity (Wildman–Crippen MR) is 92.1 cm³/mol. The Balaban J connectivity index is 1.63. The molecular formula is C18H29N2O2S+. The molecule has 3 rings (SSSR count). The summed E-state index contributed by atoms with van der Waals surface area (Å²) in [5.74, 6) is 0.829. The molecule has 1 heterocycles. The van der Waals surface area contributed by atoms with Crippen LogP contribution in [0.2, 0.25) is 0 Å². The molecule has 1 aliphatic heterocycles. The molecule has 0 aromatic heterocycles. The van der Waals surface area contributed by atoms with Crippen LogP contribution in [0.3, 0.4) is 0 Å². The molecule has 5 heteroatoms. The number of benzene rings is 1. The van der Waals surface area contributed by atoms with Gasteiger partial charge in [0, 0.05) is 6.42 Å². The van der Waals surface area contributed by atoms with Crippen molar-refractivity contribution in [1.82, 2.24) is 4.31 Å². The van der Waals surface area contributed by atoms with Gasteiger partial charge in [0.2, 0.25) is 10.0 Å². The number of nitrogens with zero attached hydrogens (tertiary/aromatic N) is 1. The number of piperazine rings is 1. The second kappa shape index (κ2) is 6.91. The van der Waals surface area contributed by atoms with Crippen molar-refractivity contribution in [2.75, 3.05) is 26.2 Å². The number of hydrogen-bond acceptors (Lipinski definition) is 2. The molecule has 23 heavy (non-hydrogen) atoms. The van der Waals surface area contributed by atoms with Crippen molar-refractivity contribution in [1.29, 1.82) is 0 Å². The average molecular weight is 338 g/mol. The van der Waals surface area contributed by atoms with Gasteiger partial charge in [-0.3, -0.25) is 0 Å². The monoisotopic (exact) mass is 337 g/mol. The first kappa shape index (κ1) is 16.9. The van der Waals surface area contributed by atoms with Crippen LogP contribution in [0.25, 0.3) is 0 Å². The van der Waals surface area contributed by atoms with E-state index in [9.17, 15) is 8.42 Å². The maximum Gasteiger partial charge on any atom is 0.243 e. The van der Waals surface area contributed by atoms with Crippen LogP contribution in [0.5, 0.6) is 0 Å². The first-order chi connectivity index (χ1) is 11.0. The van der Waals surface area contributed by atoms with E-state index < -0.39 is 10.0 Å². The van der Waals surface area contributed by atoms with Crippen molar-refractivity contribution >= 4 is 10.0 Å². The summed E-state index contributed by atoms with van der Waals surface area (Å²) in [5, 5.41) is 0. The van der Waals surface area contributed by atoms with Gasteiger partial charge in [-0.1, -0.05) is 31.0 Å². The molecular weight excluding hydrogens is 308 g/mol. The minimum Gasteiger partial charge on any atom is -0.330 e. The van der Waals surface area contributed by atoms with Crippen LogP contribution < -0.4 is 4.90 Å². The fraction of sp³-hybridized carbons (Fsp3) is 0.667. The van der Waals surface area contributed by atoms with Crippen LogP contribution in [-0.2, 0) is 10.0 Å². The largest absolute Gasteiger partial charge is 0.330 e. The summed E-state index contributed by atoms with van der Waals surface area (Å²) in [6.45, 7) is 7.52. The maximum absolute atomic E-state index is 12.8. The normalized spacial score (nSPS) is 27.9. The fourth-order valence-electron chi connectivity index (χ4n) is 4.09. The van der Waals surface area contributed by atoms with Crippen molar-refractivity contribution < 1.29 is 13.3 Å². The Morgan fingerprint density at radius 2 is 1.74 bits per heavy atom. The SMILES string of the molecule is Cc1ccc(S(=O)(=O)N2CC[NH+]([C@@H]3CCC[C@H](C)C3)CC2)cc1. The minimum atomic E-state index is -3.32. The summed E-state index contributed by atoms with van der Waals surface area (Å²) >= 11 is 0. The number of sulfonamides is 1. The van der Waals surface area contributed by atoms with Crippen LogP contribution >= 0.6 is 0 Å². The number of quaternary nitrogens is 1. The molecule has 2 fully saturated rings. The Bertz CT molecular complexity index is 619. The van der Waals surface area contributed by atoms with Crippen LogP contribution in [0.15, 0.2) is 29.2 Å². The van der Waals surface area contributed by atoms with Crippen LogP contribution in [0.4, 0.5) is 0 Å². The first-order valence-electron chi connectivity index (χ1n) is 8.88. The zero-order valence-electron chi connectivity index (χ0n) is 14.3. The highest BCUT2D eigenvalue weighted by molar-refractivity contribution is 7.89. The summed E-state index contributed by atoms with van der Waals surface area (Å²) in [6.07, 6.45) is 5.31. The third kappa shape index (κ3) is 3.78. The summed E-state index contributed by atoms with van der Waals surface area (Å²) in [7, 11) is -3.32. The van der Waals surface area contributed by atoms with Crippen molar-refractivity contribution in [2.45, 2.75) is 50.5 Å². The molecule has 1 saturated carbocycles. The third-order valence-corrected chi connectivity index (χ3v) is 7.45. The summed E-state index contributed by atoms with van der Waals surface area (Å²) < 4.78 is 27.2. The van der Waals surface area contributed by atoms with Crippen LogP contribution in [0, 0.1) is 12.8 Å². The number of hydrogen-bond donors (Lipinski definition) is 1. The van der Waals surface area contributed by atoms with Gasteiger partial charge in [0.1, 0.15) is 0 Å². The van der Waals surface area contributed by atoms with Gasteiger partial charge in [0.05, 0.1) is 37.1 Å². The highest BCUT2D eigenvalue weighted by Gasteiger charge is 2.34. The van der Waals surface area contributed by atoms with Gasteiger partial charge >= 0.3 is 0 Å². The van der Waals surface area contributed by atoms with E-state index in [0.717, 1.165) is 30.6 Å². The quantitative estimate of drug-likeness (QED) is 0.907. The van der Waals surface area contributed by atoms with Gasteiger partial charge in [0.15, 0.2) is 0 Å². The number of nitrogens with one attached hydrogen (secondary N) is 1. The van der Waals surface area contributed by atoms with E-state index in [1.807, 2.05) is 19.1 Å². The van der Waals surface area contributed by atoms with Crippen molar-refractivity contribution in [3.63, 3.8) is 0 Å². The Morgan fingerprint density at radius 1 is 1.09 bits per heavy atom. The molecule has 0 spiro atoms. The zero-order chi connectivity index (χ0) is 16.4. The van der Waals surface area contributed by atoms with Gasteiger partial charge in [-0.25, -0.2) is 8.42 Å². The van der Waals surface area contributed by atoms with E-state index in [0.29, 0.717) is 18.0 Å². The molecule has 1 aromatic carbocycles. The second-order valence-electron chi connectivity index (χ2n) is 7.34. The summed E-state index contributed by atoms with van der Waals surface area (Å²) in [6, 6.07) is 7.94. The lowest BCUT2D eigenvalue weighted by Crippen LogP contribution is -3.18. The molecule has 4 nitrogen and oxygen atoms in total. The van der Waals surface area contributed by atoms with Crippen molar-refractivity contribution in [3.8, 4) is 0 Å². The van der Waals surface area contributed by atoms with E-state index in [1.54, 1.807) is 21.3 Å². The van der Waals surface area contributed by atoms with E-state index in [2.05, 4.69) is 6.92 Å². The Labute approximate surface area is 140 Å². The third-order valence-electron chi connectivity index (χ3n) is 5.54. The highest BCUT2D eigenvalue weighted by Crippen LogP contribution is 2.22. The smallest absolute Gasteiger partial charge is 0.243 e. The van der Waals surface area contributed by atoms with Gasteiger partial charge in [-0.05, 0) is 37.8 Å². The number of aryl methyl sites for hydroxylation is 1. The average Bonchev–Trinajstić information content (AvgIpc) is 2.55. The molecule has 0 amide bonds. The summed E-state index contributed by atoms with van der Waals surface area (Å²) in [4.78, 5) is 2.05. The topological polar surface area (TPSA) is 41.8 Å². The minimum absolute atomic E-state index is 0.429. The molecule has 1 aromatic rings. The zero-order valence-corrected chi connectivity index (χ0v) is 15.1. The van der Waals surface area contributed by atoms with Gasteiger partial charge in [-0.2, -0.15) is 4.31 Å². The van der Waals surface area contributed by atoms with E-state index in [4.69, 9.17) is 0 Å². The predicted octanol–water partition coefficient (Wildman–Crippen LogP) is 1.46. The van der Waals surface area contributed by atoms with Gasteiger partial charge in [0.25, 0.3) is 0 Å². The molecule has 128 valence electrons. The molecule has 2 atom stereocenters. The Morgan fingerprint density at radius 3 is 2.35 bits per heavy atom. The molecule has 0 unspecified atom stereocenters. The lowest BCUT2D eigenvalue weighted by Gasteiger charge is -2.38. The number of rotatable bonds is 3. The van der Waals surface area contributed by atoms with E-state index in [-0.39, 0.29) is 0 Å². The van der Waals surface area contributed by atoms with Crippen LogP contribution in [0.1, 0.15) is 38.2 Å². The molecule has 2 aliphatic rings. The van der Waals surface area contributed by atoms with Crippen molar-refractivity contribution in [3.05, 3.63) is 29.8 Å². The molecule has 1 N–H and O–H groups in total. The Hall–Kier alpha value is -0.910. The summed E-state index contributed by atoms with van der Waals surface area (Å²) in [5.41, 5.74) is 1.09.